The highest BCUT2D eigenvalue weighted by Crippen LogP contribution is 2.13. The Hall–Kier alpha value is -2.00. The number of sulfonamides is 1. The van der Waals surface area contributed by atoms with E-state index in [1.54, 1.807) is 0 Å². The van der Waals surface area contributed by atoms with Crippen molar-refractivity contribution in [1.82, 2.24) is 4.72 Å². The van der Waals surface area contributed by atoms with Gasteiger partial charge in [-0.2, -0.15) is 0 Å². The van der Waals surface area contributed by atoms with E-state index in [2.05, 4.69) is 9.46 Å². The molecule has 0 amide bonds. The van der Waals surface area contributed by atoms with Gasteiger partial charge >= 0.3 is 5.97 Å². The number of benzene rings is 1. The topological polar surface area (TPSA) is 116 Å². The Bertz CT molecular complexity index is 596. The van der Waals surface area contributed by atoms with Crippen LogP contribution >= 0.6 is 0 Å². The minimum Gasteiger partial charge on any atom is -0.468 e. The van der Waals surface area contributed by atoms with Gasteiger partial charge in [-0.1, -0.05) is 12.1 Å². The van der Waals surface area contributed by atoms with Gasteiger partial charge in [-0.3, -0.25) is 14.9 Å². The number of non-ortho nitro benzene ring substituents is 1. The van der Waals surface area contributed by atoms with Gasteiger partial charge in [-0.15, -0.1) is 0 Å². The third-order valence-electron chi connectivity index (χ3n) is 2.41. The molecule has 0 saturated carbocycles. The van der Waals surface area contributed by atoms with E-state index >= 15 is 0 Å². The molecule has 0 bridgehead atoms. The zero-order valence-electron chi connectivity index (χ0n) is 10.9. The Kier molecular flexibility index (Phi) is 5.17. The van der Waals surface area contributed by atoms with Gasteiger partial charge in [0, 0.05) is 12.1 Å². The normalized spacial score (nSPS) is 12.7. The Morgan fingerprint density at radius 3 is 2.40 bits per heavy atom. The number of nitrogens with one attached hydrogen (secondary N) is 1. The van der Waals surface area contributed by atoms with Gasteiger partial charge < -0.3 is 4.74 Å². The van der Waals surface area contributed by atoms with Crippen LogP contribution in [0, 0.1) is 10.1 Å². The molecule has 1 aromatic rings. The summed E-state index contributed by atoms with van der Waals surface area (Å²) in [5, 5.41) is 10.5. The van der Waals surface area contributed by atoms with Crippen LogP contribution in [0.5, 0.6) is 0 Å². The highest BCUT2D eigenvalue weighted by molar-refractivity contribution is 7.88. The Balaban J connectivity index is 2.76. The average Bonchev–Trinajstić information content (AvgIpc) is 2.37. The summed E-state index contributed by atoms with van der Waals surface area (Å²) in [6, 6.07) is 4.13. The molecule has 0 fully saturated rings. The first-order valence-corrected chi connectivity index (χ1v) is 7.21. The van der Waals surface area contributed by atoms with Crippen LogP contribution in [-0.4, -0.2) is 32.5 Å². The lowest BCUT2D eigenvalue weighted by Crippen LogP contribution is -2.39. The molecule has 1 unspecified atom stereocenters. The number of ether oxygens (including phenoxy) is 1. The number of hydrogen-bond acceptors (Lipinski definition) is 6. The molecule has 0 heterocycles. The Morgan fingerprint density at radius 2 is 1.95 bits per heavy atom. The first-order chi connectivity index (χ1) is 9.25. The molecule has 0 aliphatic heterocycles. The van der Waals surface area contributed by atoms with Crippen LogP contribution in [0.1, 0.15) is 12.5 Å². The zero-order valence-corrected chi connectivity index (χ0v) is 11.7. The number of hydrogen-bond donors (Lipinski definition) is 1. The summed E-state index contributed by atoms with van der Waals surface area (Å²) < 4.78 is 30.2. The van der Waals surface area contributed by atoms with Crippen LogP contribution in [0.25, 0.3) is 0 Å². The summed E-state index contributed by atoms with van der Waals surface area (Å²) in [6.45, 7) is 1.36. The molecule has 0 aliphatic rings. The molecule has 1 atom stereocenters. The molecule has 1 N–H and O–H groups in total. The van der Waals surface area contributed by atoms with E-state index in [0.29, 0.717) is 5.56 Å². The zero-order chi connectivity index (χ0) is 15.3. The summed E-state index contributed by atoms with van der Waals surface area (Å²) in [5.74, 6) is -1.08. The largest absolute Gasteiger partial charge is 0.468 e. The fourth-order valence-electron chi connectivity index (χ4n) is 1.47. The number of rotatable bonds is 6. The van der Waals surface area contributed by atoms with Crippen LogP contribution in [0.3, 0.4) is 0 Å². The molecular formula is C11H14N2O6S. The van der Waals surface area contributed by atoms with Gasteiger partial charge in [0.05, 0.1) is 17.8 Å². The van der Waals surface area contributed by atoms with E-state index < -0.39 is 27.0 Å². The summed E-state index contributed by atoms with van der Waals surface area (Å²) >= 11 is 0. The fraction of sp³-hybridized carbons (Fsp3) is 0.364. The second-order valence-electron chi connectivity index (χ2n) is 4.05. The lowest BCUT2D eigenvalue weighted by atomic mass is 10.2. The molecule has 0 saturated heterocycles. The minimum absolute atomic E-state index is 0.123. The molecule has 20 heavy (non-hydrogen) atoms. The summed E-state index contributed by atoms with van der Waals surface area (Å²) in [4.78, 5) is 21.0. The summed E-state index contributed by atoms with van der Waals surface area (Å²) in [7, 11) is -2.59. The molecule has 0 radical (unpaired) electrons. The SMILES string of the molecule is COC(=O)C(C)NS(=O)(=O)Cc1ccc([N+](=O)[O-])cc1. The monoisotopic (exact) mass is 302 g/mol. The number of nitro benzene ring substituents is 1. The molecular weight excluding hydrogens is 288 g/mol. The minimum atomic E-state index is -3.74. The predicted molar refractivity (Wildman–Crippen MR) is 70.3 cm³/mol. The van der Waals surface area contributed by atoms with Crippen LogP contribution < -0.4 is 4.72 Å². The first-order valence-electron chi connectivity index (χ1n) is 5.56. The first kappa shape index (κ1) is 16.1. The van der Waals surface area contributed by atoms with Crippen molar-refractivity contribution in [3.05, 3.63) is 39.9 Å². The van der Waals surface area contributed by atoms with Gasteiger partial charge in [0.25, 0.3) is 5.69 Å². The van der Waals surface area contributed by atoms with Crippen molar-refractivity contribution >= 4 is 21.7 Å². The maximum absolute atomic E-state index is 11.8. The van der Waals surface area contributed by atoms with E-state index in [9.17, 15) is 23.3 Å². The number of nitrogens with zero attached hydrogens (tertiary/aromatic N) is 1. The second kappa shape index (κ2) is 6.44. The summed E-state index contributed by atoms with van der Waals surface area (Å²) in [6.07, 6.45) is 0. The fourth-order valence-corrected chi connectivity index (χ4v) is 2.82. The van der Waals surface area contributed by atoms with E-state index in [1.807, 2.05) is 0 Å². The van der Waals surface area contributed by atoms with Crippen molar-refractivity contribution in [2.45, 2.75) is 18.7 Å². The Morgan fingerprint density at radius 1 is 1.40 bits per heavy atom. The molecule has 110 valence electrons. The molecule has 0 aromatic heterocycles. The average molecular weight is 302 g/mol. The van der Waals surface area contributed by atoms with E-state index in [1.165, 1.54) is 31.2 Å². The van der Waals surface area contributed by atoms with Gasteiger partial charge in [-0.05, 0) is 12.5 Å². The third-order valence-corrected chi connectivity index (χ3v) is 3.84. The lowest BCUT2D eigenvalue weighted by Gasteiger charge is -2.12. The maximum atomic E-state index is 11.8. The highest BCUT2D eigenvalue weighted by Gasteiger charge is 2.21. The third kappa shape index (κ3) is 4.59. The number of carbonyl (C=O) groups is 1. The quantitative estimate of drug-likeness (QED) is 0.467. The van der Waals surface area contributed by atoms with Gasteiger partial charge in [-0.25, -0.2) is 13.1 Å². The van der Waals surface area contributed by atoms with E-state index in [-0.39, 0.29) is 11.4 Å². The van der Waals surface area contributed by atoms with Crippen LogP contribution in [0.15, 0.2) is 24.3 Å². The van der Waals surface area contributed by atoms with Crippen molar-refractivity contribution in [3.63, 3.8) is 0 Å². The van der Waals surface area contributed by atoms with Crippen molar-refractivity contribution in [3.8, 4) is 0 Å². The van der Waals surface area contributed by atoms with Crippen molar-refractivity contribution < 1.29 is 22.9 Å². The number of nitro groups is 1. The van der Waals surface area contributed by atoms with Crippen LogP contribution in [0.4, 0.5) is 5.69 Å². The molecule has 9 heteroatoms. The molecule has 1 rings (SSSR count). The van der Waals surface area contributed by atoms with Gasteiger partial charge in [0.1, 0.15) is 6.04 Å². The predicted octanol–water partition coefficient (Wildman–Crippen LogP) is 0.576. The smallest absolute Gasteiger partial charge is 0.323 e. The number of carbonyl (C=O) groups excluding carboxylic acids is 1. The summed E-state index contributed by atoms with van der Waals surface area (Å²) in [5.41, 5.74) is 0.252. The number of methoxy groups -OCH3 is 1. The molecule has 1 aromatic carbocycles. The van der Waals surface area contributed by atoms with Crippen LogP contribution in [-0.2, 0) is 25.3 Å². The van der Waals surface area contributed by atoms with Crippen LogP contribution in [0.2, 0.25) is 0 Å². The van der Waals surface area contributed by atoms with Crippen molar-refractivity contribution in [1.29, 1.82) is 0 Å². The lowest BCUT2D eigenvalue weighted by molar-refractivity contribution is -0.384. The van der Waals surface area contributed by atoms with E-state index in [0.717, 1.165) is 7.11 Å². The maximum Gasteiger partial charge on any atom is 0.323 e. The van der Waals surface area contributed by atoms with Gasteiger partial charge in [0.15, 0.2) is 0 Å². The molecule has 0 spiro atoms. The second-order valence-corrected chi connectivity index (χ2v) is 5.80. The standard InChI is InChI=1S/C11H14N2O6S/c1-8(11(14)19-2)12-20(17,18)7-9-3-5-10(6-4-9)13(15)16/h3-6,8,12H,7H2,1-2H3. The molecule has 0 aliphatic carbocycles. The van der Waals surface area contributed by atoms with E-state index in [4.69, 9.17) is 0 Å². The highest BCUT2D eigenvalue weighted by atomic mass is 32.2. The van der Waals surface area contributed by atoms with Crippen molar-refractivity contribution in [2.24, 2.45) is 0 Å². The van der Waals surface area contributed by atoms with Crippen molar-refractivity contribution in [2.75, 3.05) is 7.11 Å². The number of esters is 1. The Labute approximate surface area is 115 Å². The van der Waals surface area contributed by atoms with Gasteiger partial charge in [0.2, 0.25) is 10.0 Å². The molecule has 8 nitrogen and oxygen atoms in total.